The lowest BCUT2D eigenvalue weighted by atomic mass is 9.71. The van der Waals surface area contributed by atoms with Gasteiger partial charge in [-0.25, -0.2) is 0 Å². The molecule has 208 valence electrons. The zero-order valence-corrected chi connectivity index (χ0v) is 24.2. The molecule has 1 saturated carbocycles. The number of hydrogen-bond acceptors (Lipinski definition) is 4. The molecule has 1 atom stereocenters. The first kappa shape index (κ1) is 29.0. The summed E-state index contributed by atoms with van der Waals surface area (Å²) < 4.78 is 6.06. The SMILES string of the molecule is CC(C)c1ccc(/C=C/C(=O)c2ccc(OCC(O)CNC3CCC(C(C)(C)C)CC3)c3ccccc23)cc1. The molecule has 1 aliphatic rings. The van der Waals surface area contributed by atoms with E-state index in [1.165, 1.54) is 18.4 Å². The Kier molecular flexibility index (Phi) is 9.63. The van der Waals surface area contributed by atoms with Crippen LogP contribution in [0.25, 0.3) is 16.8 Å². The molecule has 3 aromatic carbocycles. The number of carbonyl (C=O) groups is 1. The first-order valence-electron chi connectivity index (χ1n) is 14.5. The molecular weight excluding hydrogens is 482 g/mol. The quantitative estimate of drug-likeness (QED) is 0.209. The lowest BCUT2D eigenvalue weighted by molar-refractivity contribution is 0.0972. The zero-order valence-electron chi connectivity index (χ0n) is 24.2. The van der Waals surface area contributed by atoms with E-state index in [4.69, 9.17) is 4.74 Å². The molecule has 1 unspecified atom stereocenters. The lowest BCUT2D eigenvalue weighted by Gasteiger charge is -2.37. The normalized spacial score (nSPS) is 19.1. The van der Waals surface area contributed by atoms with E-state index in [9.17, 15) is 9.90 Å². The summed E-state index contributed by atoms with van der Waals surface area (Å²) in [5.74, 6) is 1.89. The van der Waals surface area contributed by atoms with Crippen LogP contribution < -0.4 is 10.1 Å². The number of rotatable bonds is 10. The van der Waals surface area contributed by atoms with Gasteiger partial charge in [-0.3, -0.25) is 4.79 Å². The Balaban J connectivity index is 1.34. The van der Waals surface area contributed by atoms with Crippen LogP contribution >= 0.6 is 0 Å². The van der Waals surface area contributed by atoms with Crippen molar-refractivity contribution in [3.05, 3.63) is 83.4 Å². The van der Waals surface area contributed by atoms with Crippen molar-refractivity contribution in [2.75, 3.05) is 13.2 Å². The molecule has 4 heteroatoms. The third kappa shape index (κ3) is 7.80. The number of nitrogens with one attached hydrogen (secondary N) is 1. The first-order valence-corrected chi connectivity index (χ1v) is 14.5. The van der Waals surface area contributed by atoms with Gasteiger partial charge in [0.05, 0.1) is 0 Å². The fraction of sp³-hybridized carbons (Fsp3) is 0.457. The second-order valence-corrected chi connectivity index (χ2v) is 12.5. The summed E-state index contributed by atoms with van der Waals surface area (Å²) in [6.07, 6.45) is 7.70. The molecule has 4 nitrogen and oxygen atoms in total. The Bertz CT molecular complexity index is 1260. The molecule has 4 rings (SSSR count). The summed E-state index contributed by atoms with van der Waals surface area (Å²) in [6.45, 7) is 12.1. The average molecular weight is 528 g/mol. The van der Waals surface area contributed by atoms with Gasteiger partial charge in [-0.2, -0.15) is 0 Å². The first-order chi connectivity index (χ1) is 18.6. The van der Waals surface area contributed by atoms with Crippen molar-refractivity contribution in [1.82, 2.24) is 5.32 Å². The summed E-state index contributed by atoms with van der Waals surface area (Å²) in [5, 5.41) is 15.9. The van der Waals surface area contributed by atoms with Crippen molar-refractivity contribution in [3.8, 4) is 5.75 Å². The van der Waals surface area contributed by atoms with Gasteiger partial charge in [0.25, 0.3) is 0 Å². The van der Waals surface area contributed by atoms with Crippen LogP contribution in [-0.4, -0.2) is 36.2 Å². The summed E-state index contributed by atoms with van der Waals surface area (Å²) in [5.41, 5.74) is 3.30. The molecule has 0 saturated heterocycles. The van der Waals surface area contributed by atoms with Crippen LogP contribution in [0.3, 0.4) is 0 Å². The highest BCUT2D eigenvalue weighted by atomic mass is 16.5. The second-order valence-electron chi connectivity index (χ2n) is 12.5. The monoisotopic (exact) mass is 527 g/mol. The average Bonchev–Trinajstić information content (AvgIpc) is 2.93. The zero-order chi connectivity index (χ0) is 28.0. The molecule has 1 fully saturated rings. The molecular formula is C35H45NO3. The van der Waals surface area contributed by atoms with Gasteiger partial charge in [0.1, 0.15) is 18.5 Å². The highest BCUT2D eigenvalue weighted by Crippen LogP contribution is 2.37. The number of carbonyl (C=O) groups excluding carboxylic acids is 1. The smallest absolute Gasteiger partial charge is 0.186 e. The van der Waals surface area contributed by atoms with Gasteiger partial charge in [0.15, 0.2) is 5.78 Å². The van der Waals surface area contributed by atoms with Gasteiger partial charge in [-0.1, -0.05) is 89.2 Å². The molecule has 1 aliphatic carbocycles. The second kappa shape index (κ2) is 12.9. The van der Waals surface area contributed by atoms with Gasteiger partial charge >= 0.3 is 0 Å². The fourth-order valence-corrected chi connectivity index (χ4v) is 5.58. The van der Waals surface area contributed by atoms with E-state index in [1.54, 1.807) is 6.08 Å². The molecule has 0 amide bonds. The Hall–Kier alpha value is -2.95. The number of hydrogen-bond donors (Lipinski definition) is 2. The largest absolute Gasteiger partial charge is 0.490 e. The van der Waals surface area contributed by atoms with E-state index in [2.05, 4.69) is 52.1 Å². The molecule has 3 aromatic rings. The van der Waals surface area contributed by atoms with Gasteiger partial charge in [0, 0.05) is 23.5 Å². The summed E-state index contributed by atoms with van der Waals surface area (Å²) in [4.78, 5) is 13.1. The third-order valence-corrected chi connectivity index (χ3v) is 8.21. The van der Waals surface area contributed by atoms with Crippen molar-refractivity contribution >= 4 is 22.6 Å². The predicted molar refractivity (Wildman–Crippen MR) is 163 cm³/mol. The predicted octanol–water partition coefficient (Wildman–Crippen LogP) is 7.79. The highest BCUT2D eigenvalue weighted by Gasteiger charge is 2.29. The van der Waals surface area contributed by atoms with Crippen LogP contribution in [0, 0.1) is 11.3 Å². The van der Waals surface area contributed by atoms with E-state index in [0.29, 0.717) is 35.2 Å². The van der Waals surface area contributed by atoms with Crippen molar-refractivity contribution in [2.45, 2.75) is 78.4 Å². The van der Waals surface area contributed by atoms with Crippen LogP contribution in [0.1, 0.15) is 87.7 Å². The van der Waals surface area contributed by atoms with Crippen LogP contribution in [0.5, 0.6) is 5.75 Å². The maximum absolute atomic E-state index is 13.1. The van der Waals surface area contributed by atoms with E-state index < -0.39 is 6.10 Å². The Morgan fingerprint density at radius 3 is 2.28 bits per heavy atom. The van der Waals surface area contributed by atoms with Crippen LogP contribution in [0.2, 0.25) is 0 Å². The van der Waals surface area contributed by atoms with Gasteiger partial charge in [0.2, 0.25) is 0 Å². The van der Waals surface area contributed by atoms with Crippen LogP contribution in [0.4, 0.5) is 0 Å². The number of benzene rings is 3. The summed E-state index contributed by atoms with van der Waals surface area (Å²) >= 11 is 0. The molecule has 0 spiro atoms. The maximum Gasteiger partial charge on any atom is 0.186 e. The topological polar surface area (TPSA) is 58.6 Å². The van der Waals surface area contributed by atoms with Crippen molar-refractivity contribution in [3.63, 3.8) is 0 Å². The van der Waals surface area contributed by atoms with E-state index in [0.717, 1.165) is 35.1 Å². The molecule has 2 N–H and O–H groups in total. The molecule has 0 aromatic heterocycles. The van der Waals surface area contributed by atoms with E-state index in [-0.39, 0.29) is 12.4 Å². The van der Waals surface area contributed by atoms with Crippen LogP contribution in [-0.2, 0) is 0 Å². The van der Waals surface area contributed by atoms with Crippen molar-refractivity contribution in [2.24, 2.45) is 11.3 Å². The van der Waals surface area contributed by atoms with Crippen molar-refractivity contribution in [1.29, 1.82) is 0 Å². The van der Waals surface area contributed by atoms with E-state index in [1.807, 2.05) is 54.6 Å². The molecule has 0 bridgehead atoms. The maximum atomic E-state index is 13.1. The molecule has 0 aliphatic heterocycles. The van der Waals surface area contributed by atoms with Gasteiger partial charge < -0.3 is 15.2 Å². The van der Waals surface area contributed by atoms with Gasteiger partial charge in [-0.05, 0) is 77.7 Å². The minimum absolute atomic E-state index is 0.0453. The number of allylic oxidation sites excluding steroid dienone is 1. The number of aliphatic hydroxyl groups is 1. The fourth-order valence-electron chi connectivity index (χ4n) is 5.58. The number of aliphatic hydroxyl groups excluding tert-OH is 1. The van der Waals surface area contributed by atoms with Gasteiger partial charge in [-0.15, -0.1) is 0 Å². The highest BCUT2D eigenvalue weighted by molar-refractivity contribution is 6.15. The summed E-state index contributed by atoms with van der Waals surface area (Å²) in [7, 11) is 0. The third-order valence-electron chi connectivity index (χ3n) is 8.21. The number of fused-ring (bicyclic) bond motifs is 1. The Labute approximate surface area is 234 Å². The molecule has 39 heavy (non-hydrogen) atoms. The summed E-state index contributed by atoms with van der Waals surface area (Å²) in [6, 6.07) is 20.2. The molecule has 0 heterocycles. The minimum Gasteiger partial charge on any atom is -0.490 e. The Morgan fingerprint density at radius 1 is 0.974 bits per heavy atom. The van der Waals surface area contributed by atoms with Crippen LogP contribution in [0.15, 0.2) is 66.7 Å². The van der Waals surface area contributed by atoms with Crippen molar-refractivity contribution < 1.29 is 14.6 Å². The lowest BCUT2D eigenvalue weighted by Crippen LogP contribution is -2.41. The number of ketones is 1. The van der Waals surface area contributed by atoms with E-state index >= 15 is 0 Å². The number of ether oxygens (including phenoxy) is 1. The standard InChI is InChI=1S/C35H45NO3/c1-24(2)26-13-10-25(11-14-26)12-20-33(38)31-19-21-34(32-9-7-6-8-30(31)32)39-23-29(37)22-36-28-17-15-27(16-18-28)35(3,4)5/h6-14,19-21,24,27-29,36-37H,15-18,22-23H2,1-5H3/b20-12+. The Morgan fingerprint density at radius 2 is 1.64 bits per heavy atom. The minimum atomic E-state index is -0.601. The molecule has 0 radical (unpaired) electrons.